The van der Waals surface area contributed by atoms with Gasteiger partial charge in [0.25, 0.3) is 0 Å². The lowest BCUT2D eigenvalue weighted by Gasteiger charge is -2.22. The summed E-state index contributed by atoms with van der Waals surface area (Å²) in [4.78, 5) is 4.28. The van der Waals surface area contributed by atoms with Crippen molar-refractivity contribution in [1.29, 1.82) is 0 Å². The van der Waals surface area contributed by atoms with Crippen LogP contribution in [0.15, 0.2) is 81.0 Å². The van der Waals surface area contributed by atoms with Crippen molar-refractivity contribution in [1.82, 2.24) is 9.29 Å². The molecule has 0 fully saturated rings. The van der Waals surface area contributed by atoms with Gasteiger partial charge < -0.3 is 4.42 Å². The highest BCUT2D eigenvalue weighted by Gasteiger charge is 2.27. The second kappa shape index (κ2) is 7.29. The second-order valence-corrected chi connectivity index (χ2v) is 7.90. The van der Waals surface area contributed by atoms with Crippen molar-refractivity contribution >= 4 is 26.0 Å². The van der Waals surface area contributed by atoms with Crippen LogP contribution in [-0.2, 0) is 23.1 Å². The molecular weight excluding hydrogens is 392 g/mol. The van der Waals surface area contributed by atoms with Crippen molar-refractivity contribution in [3.63, 3.8) is 0 Å². The Labute approximate surface area is 149 Å². The fraction of sp³-hybridized carbons (Fsp3) is 0.118. The van der Waals surface area contributed by atoms with E-state index < -0.39 is 10.0 Å². The molecule has 24 heavy (non-hydrogen) atoms. The number of rotatable bonds is 6. The van der Waals surface area contributed by atoms with Gasteiger partial charge >= 0.3 is 0 Å². The van der Waals surface area contributed by atoms with E-state index in [0.29, 0.717) is 10.2 Å². The van der Waals surface area contributed by atoms with Gasteiger partial charge in [0, 0.05) is 23.4 Å². The van der Waals surface area contributed by atoms with Crippen LogP contribution in [0.3, 0.4) is 0 Å². The van der Waals surface area contributed by atoms with Crippen LogP contribution in [0.25, 0.3) is 0 Å². The van der Waals surface area contributed by atoms with Crippen LogP contribution in [-0.4, -0.2) is 17.7 Å². The first kappa shape index (κ1) is 16.9. The lowest BCUT2D eigenvalue weighted by Crippen LogP contribution is -2.30. The van der Waals surface area contributed by atoms with Gasteiger partial charge in [-0.05, 0) is 51.8 Å². The average molecular weight is 407 g/mol. The third kappa shape index (κ3) is 3.75. The number of hydrogen-bond donors (Lipinski definition) is 0. The minimum Gasteiger partial charge on any atom is -0.468 e. The maximum absolute atomic E-state index is 13.1. The van der Waals surface area contributed by atoms with E-state index in [1.807, 2.05) is 6.07 Å². The molecule has 7 heteroatoms. The molecule has 0 unspecified atom stereocenters. The topological polar surface area (TPSA) is 63.4 Å². The van der Waals surface area contributed by atoms with Crippen LogP contribution in [0, 0.1) is 0 Å². The van der Waals surface area contributed by atoms with Gasteiger partial charge in [-0.2, -0.15) is 4.31 Å². The largest absolute Gasteiger partial charge is 0.468 e. The molecule has 3 aromatic rings. The molecule has 0 saturated heterocycles. The molecule has 0 aliphatic carbocycles. The molecule has 1 aromatic carbocycles. The Hall–Kier alpha value is -1.96. The molecule has 0 radical (unpaired) electrons. The predicted octanol–water partition coefficient (Wildman–Crippen LogP) is 3.83. The van der Waals surface area contributed by atoms with Crippen LogP contribution in [0.5, 0.6) is 0 Å². The average Bonchev–Trinajstić information content (AvgIpc) is 3.08. The number of aromatic nitrogens is 1. The van der Waals surface area contributed by atoms with Crippen LogP contribution < -0.4 is 0 Å². The zero-order chi connectivity index (χ0) is 17.0. The highest BCUT2D eigenvalue weighted by atomic mass is 79.9. The molecular formula is C17H15BrN2O3S. The summed E-state index contributed by atoms with van der Waals surface area (Å²) in [5.74, 6) is 0.578. The monoisotopic (exact) mass is 406 g/mol. The number of benzene rings is 1. The zero-order valence-corrected chi connectivity index (χ0v) is 15.1. The Balaban J connectivity index is 1.98. The maximum atomic E-state index is 13.1. The summed E-state index contributed by atoms with van der Waals surface area (Å²) in [6.07, 6.45) is 4.84. The molecule has 0 bridgehead atoms. The predicted molar refractivity (Wildman–Crippen MR) is 93.5 cm³/mol. The maximum Gasteiger partial charge on any atom is 0.244 e. The van der Waals surface area contributed by atoms with E-state index in [0.717, 1.165) is 5.56 Å². The number of furan rings is 1. The quantitative estimate of drug-likeness (QED) is 0.623. The van der Waals surface area contributed by atoms with Crippen molar-refractivity contribution in [3.05, 3.63) is 83.0 Å². The summed E-state index contributed by atoms with van der Waals surface area (Å²) in [6.45, 7) is 0.351. The van der Waals surface area contributed by atoms with Crippen molar-refractivity contribution < 1.29 is 12.8 Å². The van der Waals surface area contributed by atoms with Crippen LogP contribution in [0.1, 0.15) is 11.3 Å². The van der Waals surface area contributed by atoms with Gasteiger partial charge in [0.2, 0.25) is 10.0 Å². The summed E-state index contributed by atoms with van der Waals surface area (Å²) in [5, 5.41) is 0. The number of sulfonamides is 1. The van der Waals surface area contributed by atoms with E-state index in [4.69, 9.17) is 4.42 Å². The number of nitrogens with zero attached hydrogens (tertiary/aromatic N) is 2. The Bertz CT molecular complexity index is 897. The molecule has 0 aliphatic rings. The standard InChI is InChI=1S/C17H15BrN2O3S/c18-16-7-1-2-8-17(16)24(21,22)20(13-15-6-4-10-23-15)12-14-5-3-9-19-11-14/h1-11H,12-13H2. The molecule has 2 heterocycles. The first-order valence-electron chi connectivity index (χ1n) is 7.23. The highest BCUT2D eigenvalue weighted by Crippen LogP contribution is 2.27. The van der Waals surface area contributed by atoms with Gasteiger partial charge in [0.05, 0.1) is 17.7 Å². The summed E-state index contributed by atoms with van der Waals surface area (Å²) in [5.41, 5.74) is 0.805. The van der Waals surface area contributed by atoms with E-state index in [-0.39, 0.29) is 18.0 Å². The Morgan fingerprint density at radius 1 is 1.04 bits per heavy atom. The van der Waals surface area contributed by atoms with E-state index >= 15 is 0 Å². The molecule has 0 aliphatic heterocycles. The lowest BCUT2D eigenvalue weighted by atomic mass is 10.3. The van der Waals surface area contributed by atoms with E-state index in [2.05, 4.69) is 20.9 Å². The van der Waals surface area contributed by atoms with Gasteiger partial charge in [-0.25, -0.2) is 8.42 Å². The lowest BCUT2D eigenvalue weighted by molar-refractivity contribution is 0.358. The first-order chi connectivity index (χ1) is 11.6. The van der Waals surface area contributed by atoms with Crippen molar-refractivity contribution in [3.8, 4) is 0 Å². The van der Waals surface area contributed by atoms with Crippen LogP contribution in [0.2, 0.25) is 0 Å². The minimum atomic E-state index is -3.71. The van der Waals surface area contributed by atoms with Crippen molar-refractivity contribution in [2.45, 2.75) is 18.0 Å². The highest BCUT2D eigenvalue weighted by molar-refractivity contribution is 9.10. The summed E-state index contributed by atoms with van der Waals surface area (Å²) >= 11 is 3.32. The molecule has 124 valence electrons. The molecule has 0 amide bonds. The molecule has 2 aromatic heterocycles. The Morgan fingerprint density at radius 2 is 1.88 bits per heavy atom. The van der Waals surface area contributed by atoms with E-state index in [1.165, 1.54) is 10.6 Å². The summed E-state index contributed by atoms with van der Waals surface area (Å²) in [6, 6.07) is 13.9. The number of pyridine rings is 1. The third-order valence-electron chi connectivity index (χ3n) is 3.45. The third-order valence-corrected chi connectivity index (χ3v) is 6.25. The molecule has 3 rings (SSSR count). The number of halogens is 1. The molecule has 5 nitrogen and oxygen atoms in total. The molecule has 0 spiro atoms. The first-order valence-corrected chi connectivity index (χ1v) is 9.46. The summed E-state index contributed by atoms with van der Waals surface area (Å²) < 4.78 is 33.5. The van der Waals surface area contributed by atoms with Gasteiger partial charge in [-0.1, -0.05) is 18.2 Å². The number of hydrogen-bond acceptors (Lipinski definition) is 4. The smallest absolute Gasteiger partial charge is 0.244 e. The SMILES string of the molecule is O=S(=O)(c1ccccc1Br)N(Cc1cccnc1)Cc1ccco1. The van der Waals surface area contributed by atoms with Gasteiger partial charge in [-0.3, -0.25) is 4.98 Å². The zero-order valence-electron chi connectivity index (χ0n) is 12.7. The fourth-order valence-corrected chi connectivity index (χ4v) is 4.65. The second-order valence-electron chi connectivity index (χ2n) is 5.14. The van der Waals surface area contributed by atoms with Crippen molar-refractivity contribution in [2.24, 2.45) is 0 Å². The molecule has 0 N–H and O–H groups in total. The Morgan fingerprint density at radius 3 is 2.54 bits per heavy atom. The Kier molecular flexibility index (Phi) is 5.13. The molecule has 0 atom stereocenters. The van der Waals surface area contributed by atoms with Gasteiger partial charge in [0.15, 0.2) is 0 Å². The minimum absolute atomic E-state index is 0.144. The van der Waals surface area contributed by atoms with E-state index in [9.17, 15) is 8.42 Å². The van der Waals surface area contributed by atoms with Gasteiger partial charge in [0.1, 0.15) is 5.76 Å². The van der Waals surface area contributed by atoms with Crippen LogP contribution >= 0.6 is 15.9 Å². The normalized spacial score (nSPS) is 11.8. The van der Waals surface area contributed by atoms with E-state index in [1.54, 1.807) is 54.9 Å². The summed E-state index contributed by atoms with van der Waals surface area (Å²) in [7, 11) is -3.71. The molecule has 0 saturated carbocycles. The van der Waals surface area contributed by atoms with Crippen molar-refractivity contribution in [2.75, 3.05) is 0 Å². The fourth-order valence-electron chi connectivity index (χ4n) is 2.29. The van der Waals surface area contributed by atoms with Gasteiger partial charge in [-0.15, -0.1) is 0 Å². The van der Waals surface area contributed by atoms with Crippen LogP contribution in [0.4, 0.5) is 0 Å².